The summed E-state index contributed by atoms with van der Waals surface area (Å²) in [6.45, 7) is 5.02. The summed E-state index contributed by atoms with van der Waals surface area (Å²) in [7, 11) is 0. The van der Waals surface area contributed by atoms with Crippen LogP contribution >= 0.6 is 0 Å². The van der Waals surface area contributed by atoms with Gasteiger partial charge in [0.25, 0.3) is 0 Å². The fourth-order valence-corrected chi connectivity index (χ4v) is 6.08. The normalized spacial score (nSPS) is 13.4. The van der Waals surface area contributed by atoms with Crippen LogP contribution in [0.25, 0.3) is 11.1 Å². The van der Waals surface area contributed by atoms with Crippen LogP contribution in [-0.4, -0.2) is 12.9 Å². The maximum absolute atomic E-state index is 6.82. The minimum Gasteiger partial charge on any atom is -0.465 e. The van der Waals surface area contributed by atoms with Gasteiger partial charge in [-0.1, -0.05) is 135 Å². The van der Waals surface area contributed by atoms with E-state index in [9.17, 15) is 0 Å². The van der Waals surface area contributed by atoms with Crippen LogP contribution in [0.4, 0.5) is 0 Å². The fourth-order valence-electron chi connectivity index (χ4n) is 6.08. The average Bonchev–Trinajstić information content (AvgIpc) is 3.34. The third kappa shape index (κ3) is 5.20. The van der Waals surface area contributed by atoms with Crippen LogP contribution in [0.2, 0.25) is 0 Å². The number of hydrogen-bond donors (Lipinski definition) is 0. The van der Waals surface area contributed by atoms with Crippen molar-refractivity contribution in [2.45, 2.75) is 44.3 Å². The van der Waals surface area contributed by atoms with E-state index in [0.717, 1.165) is 12.2 Å². The fraction of sp³-hybridized carbons (Fsp3) is 0.211. The number of fused-ring (bicyclic) bond motifs is 3. The topological polar surface area (TPSA) is 18.5 Å². The first kappa shape index (κ1) is 26.1. The van der Waals surface area contributed by atoms with Crippen molar-refractivity contribution in [1.29, 1.82) is 0 Å². The van der Waals surface area contributed by atoms with Gasteiger partial charge in [0.1, 0.15) is 5.75 Å². The second-order valence-corrected chi connectivity index (χ2v) is 10.9. The minimum atomic E-state index is -0.446. The van der Waals surface area contributed by atoms with E-state index in [2.05, 4.69) is 147 Å². The monoisotopic (exact) mass is 524 g/mol. The van der Waals surface area contributed by atoms with Crippen molar-refractivity contribution in [3.05, 3.63) is 161 Å². The predicted molar refractivity (Wildman–Crippen MR) is 164 cm³/mol. The quantitative estimate of drug-likeness (QED) is 0.170. The molecule has 1 aliphatic carbocycles. The largest absolute Gasteiger partial charge is 0.465 e. The van der Waals surface area contributed by atoms with Crippen LogP contribution in [0, 0.1) is 0 Å². The second-order valence-electron chi connectivity index (χ2n) is 10.9. The van der Waals surface area contributed by atoms with Crippen molar-refractivity contribution in [2.24, 2.45) is 0 Å². The van der Waals surface area contributed by atoms with Crippen LogP contribution < -0.4 is 4.74 Å². The van der Waals surface area contributed by atoms with Crippen LogP contribution in [-0.2, 0) is 16.6 Å². The lowest BCUT2D eigenvalue weighted by atomic mass is 9.73. The summed E-state index contributed by atoms with van der Waals surface area (Å²) in [5.41, 5.74) is 8.74. The van der Waals surface area contributed by atoms with Gasteiger partial charge in [-0.15, -0.1) is 0 Å². The van der Waals surface area contributed by atoms with Crippen molar-refractivity contribution in [2.75, 3.05) is 6.61 Å². The van der Waals surface area contributed by atoms with E-state index in [-0.39, 0.29) is 11.3 Å². The molecule has 2 nitrogen and oxygen atoms in total. The van der Waals surface area contributed by atoms with Gasteiger partial charge in [0.05, 0.1) is 6.61 Å². The van der Waals surface area contributed by atoms with Gasteiger partial charge >= 0.3 is 0 Å². The van der Waals surface area contributed by atoms with Crippen molar-refractivity contribution in [3.8, 4) is 16.9 Å². The standard InChI is InChI=1S/C38H36O2/c1-3-28-22-24-31(25-23-28)40-37(26-38(2,29-14-6-4-7-15-29)30-16-8-5-9-17-30)39-27-36-34-20-12-10-18-32(34)33-19-11-13-21-35(33)36/h4-25,36-37H,3,26-27H2,1-2H3. The molecule has 0 fully saturated rings. The Morgan fingerprint density at radius 3 is 1.65 bits per heavy atom. The Balaban J connectivity index is 1.34. The molecule has 5 aromatic rings. The highest BCUT2D eigenvalue weighted by Crippen LogP contribution is 2.45. The first-order valence-electron chi connectivity index (χ1n) is 14.3. The van der Waals surface area contributed by atoms with E-state index in [4.69, 9.17) is 9.47 Å². The molecule has 0 spiro atoms. The lowest BCUT2D eigenvalue weighted by Crippen LogP contribution is -2.34. The van der Waals surface area contributed by atoms with E-state index in [1.54, 1.807) is 0 Å². The molecule has 1 aliphatic rings. The molecule has 0 aliphatic heterocycles. The van der Waals surface area contributed by atoms with Gasteiger partial charge in [0.2, 0.25) is 6.29 Å². The smallest absolute Gasteiger partial charge is 0.201 e. The molecule has 2 heteroatoms. The van der Waals surface area contributed by atoms with Crippen molar-refractivity contribution >= 4 is 0 Å². The molecular formula is C38H36O2. The van der Waals surface area contributed by atoms with Crippen LogP contribution in [0.15, 0.2) is 133 Å². The van der Waals surface area contributed by atoms with Gasteiger partial charge in [0.15, 0.2) is 0 Å². The number of rotatable bonds is 10. The Kier molecular flexibility index (Phi) is 7.53. The molecule has 5 aromatic carbocycles. The molecule has 0 saturated heterocycles. The third-order valence-electron chi connectivity index (χ3n) is 8.41. The molecule has 0 aromatic heterocycles. The number of ether oxygens (including phenoxy) is 2. The minimum absolute atomic E-state index is 0.167. The summed E-state index contributed by atoms with van der Waals surface area (Å²) in [5, 5.41) is 0. The van der Waals surface area contributed by atoms with E-state index in [0.29, 0.717) is 13.0 Å². The summed E-state index contributed by atoms with van der Waals surface area (Å²) in [4.78, 5) is 0. The summed E-state index contributed by atoms with van der Waals surface area (Å²) < 4.78 is 13.5. The number of aryl methyl sites for hydroxylation is 1. The van der Waals surface area contributed by atoms with Gasteiger partial charge in [-0.05, 0) is 57.5 Å². The molecule has 0 heterocycles. The first-order chi connectivity index (χ1) is 19.7. The zero-order valence-electron chi connectivity index (χ0n) is 23.3. The van der Waals surface area contributed by atoms with Gasteiger partial charge in [0, 0.05) is 17.8 Å². The molecule has 0 N–H and O–H groups in total. The summed E-state index contributed by atoms with van der Waals surface area (Å²) >= 11 is 0. The Bertz CT molecular complexity index is 1460. The van der Waals surface area contributed by atoms with Crippen molar-refractivity contribution in [3.63, 3.8) is 0 Å². The maximum atomic E-state index is 6.82. The Morgan fingerprint density at radius 1 is 0.625 bits per heavy atom. The maximum Gasteiger partial charge on any atom is 0.201 e. The van der Waals surface area contributed by atoms with Crippen molar-refractivity contribution < 1.29 is 9.47 Å². The average molecular weight is 525 g/mol. The zero-order chi connectivity index (χ0) is 27.4. The Hall–Kier alpha value is -4.14. The van der Waals surface area contributed by atoms with Gasteiger partial charge in [-0.2, -0.15) is 0 Å². The van der Waals surface area contributed by atoms with E-state index >= 15 is 0 Å². The first-order valence-corrected chi connectivity index (χ1v) is 14.3. The summed E-state index contributed by atoms with van der Waals surface area (Å²) in [5.74, 6) is 0.999. The Labute approximate surface area is 238 Å². The highest BCUT2D eigenvalue weighted by molar-refractivity contribution is 5.78. The number of hydrogen-bond acceptors (Lipinski definition) is 2. The summed E-state index contributed by atoms with van der Waals surface area (Å²) in [6.07, 6.45) is 1.23. The second kappa shape index (κ2) is 11.5. The van der Waals surface area contributed by atoms with Crippen LogP contribution in [0.1, 0.15) is 54.0 Å². The highest BCUT2D eigenvalue weighted by Gasteiger charge is 2.35. The lowest BCUT2D eigenvalue weighted by Gasteiger charge is -2.35. The molecule has 40 heavy (non-hydrogen) atoms. The zero-order valence-corrected chi connectivity index (χ0v) is 23.3. The molecule has 0 bridgehead atoms. The molecule has 1 unspecified atom stereocenters. The molecule has 0 radical (unpaired) electrons. The van der Waals surface area contributed by atoms with Gasteiger partial charge in [-0.3, -0.25) is 0 Å². The van der Waals surface area contributed by atoms with E-state index in [1.807, 2.05) is 0 Å². The molecule has 200 valence electrons. The van der Waals surface area contributed by atoms with Crippen LogP contribution in [0.5, 0.6) is 5.75 Å². The summed E-state index contributed by atoms with van der Waals surface area (Å²) in [6, 6.07) is 47.3. The lowest BCUT2D eigenvalue weighted by molar-refractivity contribution is -0.0943. The molecule has 0 saturated carbocycles. The van der Waals surface area contributed by atoms with Gasteiger partial charge < -0.3 is 9.47 Å². The molecule has 1 atom stereocenters. The molecule has 0 amide bonds. The van der Waals surface area contributed by atoms with E-state index < -0.39 is 6.29 Å². The van der Waals surface area contributed by atoms with Gasteiger partial charge in [-0.25, -0.2) is 0 Å². The SMILES string of the molecule is CCc1ccc(OC(CC(C)(c2ccccc2)c2ccccc2)OCC2c3ccccc3-c3ccccc32)cc1. The molecular weight excluding hydrogens is 488 g/mol. The van der Waals surface area contributed by atoms with Crippen molar-refractivity contribution in [1.82, 2.24) is 0 Å². The van der Waals surface area contributed by atoms with Crippen LogP contribution in [0.3, 0.4) is 0 Å². The Morgan fingerprint density at radius 2 is 1.12 bits per heavy atom. The third-order valence-corrected chi connectivity index (χ3v) is 8.41. The predicted octanol–water partition coefficient (Wildman–Crippen LogP) is 9.18. The number of benzene rings is 5. The van der Waals surface area contributed by atoms with E-state index in [1.165, 1.54) is 38.9 Å². The molecule has 6 rings (SSSR count). The highest BCUT2D eigenvalue weighted by atomic mass is 16.7.